The Morgan fingerprint density at radius 2 is 1.95 bits per heavy atom. The van der Waals surface area contributed by atoms with Crippen LogP contribution in [0.15, 0.2) is 12.1 Å². The molecule has 1 aliphatic rings. The summed E-state index contributed by atoms with van der Waals surface area (Å²) >= 11 is 0. The van der Waals surface area contributed by atoms with E-state index in [2.05, 4.69) is 0 Å². The Labute approximate surface area is 130 Å². The van der Waals surface area contributed by atoms with Gasteiger partial charge in [0, 0.05) is 18.1 Å². The monoisotopic (exact) mass is 306 g/mol. The Hall–Kier alpha value is -2.17. The number of benzene rings is 1. The number of hydrogen-bond acceptors (Lipinski definition) is 5. The van der Waals surface area contributed by atoms with Crippen molar-refractivity contribution in [1.29, 1.82) is 0 Å². The van der Waals surface area contributed by atoms with Crippen molar-refractivity contribution in [1.82, 2.24) is 0 Å². The SMILES string of the molecule is COC(=O)CCc1c(OC)cc2c(c1OC)C=CC(C)(C)O2. The van der Waals surface area contributed by atoms with Crippen molar-refractivity contribution >= 4 is 12.0 Å². The van der Waals surface area contributed by atoms with Gasteiger partial charge in [0.05, 0.1) is 26.9 Å². The number of carbonyl (C=O) groups is 1. The van der Waals surface area contributed by atoms with E-state index >= 15 is 0 Å². The average Bonchev–Trinajstić information content (AvgIpc) is 2.50. The number of esters is 1. The Morgan fingerprint density at radius 3 is 2.55 bits per heavy atom. The fraction of sp³-hybridized carbons (Fsp3) is 0.471. The van der Waals surface area contributed by atoms with Crippen molar-refractivity contribution in [2.45, 2.75) is 32.3 Å². The number of rotatable bonds is 5. The molecule has 0 saturated heterocycles. The van der Waals surface area contributed by atoms with Gasteiger partial charge in [0.25, 0.3) is 0 Å². The molecular weight excluding hydrogens is 284 g/mol. The fourth-order valence-electron chi connectivity index (χ4n) is 2.50. The molecule has 0 fully saturated rings. The maximum Gasteiger partial charge on any atom is 0.305 e. The second-order valence-electron chi connectivity index (χ2n) is 5.62. The first kappa shape index (κ1) is 16.2. The summed E-state index contributed by atoms with van der Waals surface area (Å²) in [6.07, 6.45) is 4.70. The Kier molecular flexibility index (Phi) is 4.64. The standard InChI is InChI=1S/C17H22O5/c1-17(2)9-8-12-14(22-17)10-13(19-3)11(16(12)21-5)6-7-15(18)20-4/h8-10H,6-7H2,1-5H3. The molecule has 5 heteroatoms. The summed E-state index contributed by atoms with van der Waals surface area (Å²) in [5.41, 5.74) is 1.32. The molecular formula is C17H22O5. The summed E-state index contributed by atoms with van der Waals surface area (Å²) in [6.45, 7) is 3.97. The molecule has 120 valence electrons. The molecule has 0 aliphatic carbocycles. The van der Waals surface area contributed by atoms with Gasteiger partial charge in [-0.05, 0) is 32.4 Å². The molecule has 1 aliphatic heterocycles. The van der Waals surface area contributed by atoms with E-state index in [4.69, 9.17) is 18.9 Å². The second kappa shape index (κ2) is 6.30. The number of ether oxygens (including phenoxy) is 4. The van der Waals surface area contributed by atoms with Gasteiger partial charge in [0.1, 0.15) is 22.8 Å². The highest BCUT2D eigenvalue weighted by Gasteiger charge is 2.27. The molecule has 2 rings (SSSR count). The van der Waals surface area contributed by atoms with Gasteiger partial charge >= 0.3 is 5.97 Å². The smallest absolute Gasteiger partial charge is 0.305 e. The van der Waals surface area contributed by atoms with Crippen LogP contribution in [0.3, 0.4) is 0 Å². The molecule has 0 aromatic heterocycles. The zero-order chi connectivity index (χ0) is 16.3. The van der Waals surface area contributed by atoms with Gasteiger partial charge in [-0.25, -0.2) is 0 Å². The second-order valence-corrected chi connectivity index (χ2v) is 5.62. The van der Waals surface area contributed by atoms with Crippen LogP contribution in [0.25, 0.3) is 6.08 Å². The normalized spacial score (nSPS) is 14.8. The molecule has 0 saturated carbocycles. The third-order valence-corrected chi connectivity index (χ3v) is 3.60. The molecule has 0 amide bonds. The van der Waals surface area contributed by atoms with Gasteiger partial charge in [-0.2, -0.15) is 0 Å². The molecule has 22 heavy (non-hydrogen) atoms. The van der Waals surface area contributed by atoms with Crippen LogP contribution < -0.4 is 14.2 Å². The molecule has 0 radical (unpaired) electrons. The van der Waals surface area contributed by atoms with E-state index in [9.17, 15) is 4.79 Å². The Morgan fingerprint density at radius 1 is 1.23 bits per heavy atom. The van der Waals surface area contributed by atoms with E-state index in [1.807, 2.05) is 32.1 Å². The van der Waals surface area contributed by atoms with Crippen LogP contribution in [0.1, 0.15) is 31.4 Å². The summed E-state index contributed by atoms with van der Waals surface area (Å²) in [4.78, 5) is 11.4. The van der Waals surface area contributed by atoms with E-state index in [0.29, 0.717) is 23.7 Å². The Balaban J connectivity index is 2.47. The minimum absolute atomic E-state index is 0.262. The summed E-state index contributed by atoms with van der Waals surface area (Å²) in [5, 5.41) is 0. The van der Waals surface area contributed by atoms with Crippen molar-refractivity contribution in [3.05, 3.63) is 23.3 Å². The summed E-state index contributed by atoms with van der Waals surface area (Å²) < 4.78 is 21.7. The molecule has 1 aromatic rings. The predicted octanol–water partition coefficient (Wildman–Crippen LogP) is 2.99. The van der Waals surface area contributed by atoms with Gasteiger partial charge < -0.3 is 18.9 Å². The van der Waals surface area contributed by atoms with Crippen LogP contribution in [0.5, 0.6) is 17.2 Å². The fourth-order valence-corrected chi connectivity index (χ4v) is 2.50. The molecule has 0 unspecified atom stereocenters. The number of hydrogen-bond donors (Lipinski definition) is 0. The van der Waals surface area contributed by atoms with Gasteiger partial charge in [0.2, 0.25) is 0 Å². The molecule has 0 spiro atoms. The molecule has 0 atom stereocenters. The van der Waals surface area contributed by atoms with Crippen LogP contribution in [0.2, 0.25) is 0 Å². The number of methoxy groups -OCH3 is 3. The lowest BCUT2D eigenvalue weighted by Gasteiger charge is -2.30. The van der Waals surface area contributed by atoms with E-state index in [0.717, 1.165) is 11.1 Å². The first-order valence-corrected chi connectivity index (χ1v) is 7.14. The van der Waals surface area contributed by atoms with Crippen LogP contribution in [-0.2, 0) is 16.0 Å². The lowest BCUT2D eigenvalue weighted by atomic mass is 9.97. The van der Waals surface area contributed by atoms with Crippen LogP contribution in [0.4, 0.5) is 0 Å². The highest BCUT2D eigenvalue weighted by atomic mass is 16.5. The largest absolute Gasteiger partial charge is 0.496 e. The average molecular weight is 306 g/mol. The van der Waals surface area contributed by atoms with Gasteiger partial charge in [0.15, 0.2) is 0 Å². The number of carbonyl (C=O) groups excluding carboxylic acids is 1. The molecule has 0 bridgehead atoms. The van der Waals surface area contributed by atoms with Crippen LogP contribution >= 0.6 is 0 Å². The van der Waals surface area contributed by atoms with E-state index in [1.165, 1.54) is 7.11 Å². The lowest BCUT2D eigenvalue weighted by Crippen LogP contribution is -2.27. The van der Waals surface area contributed by atoms with Crippen LogP contribution in [0, 0.1) is 0 Å². The van der Waals surface area contributed by atoms with Gasteiger partial charge in [-0.15, -0.1) is 0 Å². The zero-order valence-corrected chi connectivity index (χ0v) is 13.7. The topological polar surface area (TPSA) is 54.0 Å². The highest BCUT2D eigenvalue weighted by Crippen LogP contribution is 2.44. The summed E-state index contributed by atoms with van der Waals surface area (Å²) in [5.74, 6) is 1.76. The maximum absolute atomic E-state index is 11.4. The summed E-state index contributed by atoms with van der Waals surface area (Å²) in [6, 6.07) is 1.84. The molecule has 5 nitrogen and oxygen atoms in total. The lowest BCUT2D eigenvalue weighted by molar-refractivity contribution is -0.140. The minimum Gasteiger partial charge on any atom is -0.496 e. The first-order chi connectivity index (χ1) is 10.4. The molecule has 1 aromatic carbocycles. The van der Waals surface area contributed by atoms with Gasteiger partial charge in [-0.1, -0.05) is 0 Å². The minimum atomic E-state index is -0.378. The van der Waals surface area contributed by atoms with E-state index in [1.54, 1.807) is 14.2 Å². The van der Waals surface area contributed by atoms with Crippen molar-refractivity contribution < 1.29 is 23.7 Å². The molecule has 0 N–H and O–H groups in total. The van der Waals surface area contributed by atoms with Crippen molar-refractivity contribution in [2.75, 3.05) is 21.3 Å². The van der Waals surface area contributed by atoms with Crippen molar-refractivity contribution in [2.24, 2.45) is 0 Å². The third-order valence-electron chi connectivity index (χ3n) is 3.60. The van der Waals surface area contributed by atoms with Crippen molar-refractivity contribution in [3.8, 4) is 17.2 Å². The first-order valence-electron chi connectivity index (χ1n) is 7.14. The van der Waals surface area contributed by atoms with Crippen LogP contribution in [-0.4, -0.2) is 32.9 Å². The molecule has 1 heterocycles. The third kappa shape index (κ3) is 3.18. The maximum atomic E-state index is 11.4. The quantitative estimate of drug-likeness (QED) is 0.783. The Bertz CT molecular complexity index is 602. The van der Waals surface area contributed by atoms with Gasteiger partial charge in [-0.3, -0.25) is 4.79 Å². The van der Waals surface area contributed by atoms with E-state index < -0.39 is 0 Å². The highest BCUT2D eigenvalue weighted by molar-refractivity contribution is 5.74. The van der Waals surface area contributed by atoms with Crippen molar-refractivity contribution in [3.63, 3.8) is 0 Å². The number of fused-ring (bicyclic) bond motifs is 1. The summed E-state index contributed by atoms with van der Waals surface area (Å²) in [7, 11) is 4.57. The van der Waals surface area contributed by atoms with E-state index in [-0.39, 0.29) is 18.0 Å². The zero-order valence-electron chi connectivity index (χ0n) is 13.7. The predicted molar refractivity (Wildman–Crippen MR) is 83.6 cm³/mol.